The number of aromatic nitrogens is 1. The molecule has 0 spiro atoms. The average Bonchev–Trinajstić information content (AvgIpc) is 4.06. The molecular formula is C52H67F5N6O13S. The molecular weight excluding hydrogens is 1040 g/mol. The molecule has 0 bridgehead atoms. The summed E-state index contributed by atoms with van der Waals surface area (Å²) in [5.74, 6) is -11.6. The third-order valence-electron chi connectivity index (χ3n) is 11.7. The van der Waals surface area contributed by atoms with Crippen LogP contribution in [-0.2, 0) is 59.1 Å². The van der Waals surface area contributed by atoms with Crippen LogP contribution in [0.4, 0.5) is 22.0 Å². The summed E-state index contributed by atoms with van der Waals surface area (Å²) in [4.78, 5) is 86.2. The van der Waals surface area contributed by atoms with Crippen molar-refractivity contribution in [2.45, 2.75) is 64.8 Å². The van der Waals surface area contributed by atoms with Crippen LogP contribution in [0.25, 0.3) is 11.1 Å². The van der Waals surface area contributed by atoms with E-state index >= 15 is 8.78 Å². The highest BCUT2D eigenvalue weighted by Gasteiger charge is 2.41. The number of benzene rings is 2. The molecule has 3 heterocycles. The molecule has 4 atom stereocenters. The minimum absolute atomic E-state index is 0.00146. The van der Waals surface area contributed by atoms with Crippen molar-refractivity contribution < 1.29 is 84.7 Å². The van der Waals surface area contributed by atoms with Gasteiger partial charge >= 0.3 is 17.9 Å². The van der Waals surface area contributed by atoms with Crippen LogP contribution in [0, 0.1) is 23.0 Å². The molecule has 2 aliphatic rings. The number of ether oxygens (including phenoxy) is 4. The van der Waals surface area contributed by atoms with Gasteiger partial charge in [0.2, 0.25) is 17.7 Å². The van der Waals surface area contributed by atoms with E-state index in [0.717, 1.165) is 52.6 Å². The number of carboxylic acid groups (broad SMARTS) is 2. The minimum atomic E-state index is -3.58. The lowest BCUT2D eigenvalue weighted by Gasteiger charge is -2.42. The molecule has 3 unspecified atom stereocenters. The molecule has 1 aromatic heterocycles. The first kappa shape index (κ1) is 63.3. The van der Waals surface area contributed by atoms with Gasteiger partial charge < -0.3 is 54.6 Å². The summed E-state index contributed by atoms with van der Waals surface area (Å²) in [5, 5.41) is 25.6. The summed E-state index contributed by atoms with van der Waals surface area (Å²) in [6.07, 6.45) is 2.59. The highest BCUT2D eigenvalue weighted by molar-refractivity contribution is 8.00. The van der Waals surface area contributed by atoms with Crippen LogP contribution in [0.1, 0.15) is 51.4 Å². The van der Waals surface area contributed by atoms with Crippen LogP contribution in [0.3, 0.4) is 0 Å². The van der Waals surface area contributed by atoms with Gasteiger partial charge in [0.05, 0.1) is 64.6 Å². The molecule has 0 radical (unpaired) electrons. The SMILES string of the molecule is CC(C)(C)C(c1cc(-c2cc(F)ccc2F)cn1Cc1ccccc1)N(CC1CNCC1F)C(=O)CSC[C@H](NC(=O)CCOCCOCCOCCOCCNC(=O)CN1C(=O)C=CC1=O)C(=O)O.CC(F)(F)C(=O)O. The average molecular weight is 1110 g/mol. The zero-order valence-corrected chi connectivity index (χ0v) is 44.1. The summed E-state index contributed by atoms with van der Waals surface area (Å²) in [6.45, 7) is 8.54. The van der Waals surface area contributed by atoms with Crippen LogP contribution in [0.5, 0.6) is 0 Å². The minimum Gasteiger partial charge on any atom is -0.480 e. The first-order chi connectivity index (χ1) is 36.5. The fourth-order valence-corrected chi connectivity index (χ4v) is 8.78. The molecule has 5 N–H and O–H groups in total. The van der Waals surface area contributed by atoms with Crippen LogP contribution in [-0.4, -0.2) is 181 Å². The fraction of sp³-hybridized carbons (Fsp3) is 0.519. The van der Waals surface area contributed by atoms with E-state index in [9.17, 15) is 51.8 Å². The van der Waals surface area contributed by atoms with Crippen molar-refractivity contribution in [1.82, 2.24) is 30.3 Å². The zero-order valence-electron chi connectivity index (χ0n) is 43.3. The number of aliphatic carboxylic acids is 2. The summed E-state index contributed by atoms with van der Waals surface area (Å²) in [7, 11) is 0. The Bertz CT molecular complexity index is 2460. The van der Waals surface area contributed by atoms with Crippen molar-refractivity contribution in [1.29, 1.82) is 0 Å². The molecule has 3 aromatic rings. The fourth-order valence-electron chi connectivity index (χ4n) is 7.86. The predicted octanol–water partition coefficient (Wildman–Crippen LogP) is 4.48. The Labute approximate surface area is 447 Å². The quantitative estimate of drug-likeness (QED) is 0.0339. The summed E-state index contributed by atoms with van der Waals surface area (Å²) >= 11 is 1.02. The van der Waals surface area contributed by atoms with Crippen molar-refractivity contribution in [3.05, 3.63) is 95.8 Å². The summed E-state index contributed by atoms with van der Waals surface area (Å²) in [6, 6.07) is 12.5. The second kappa shape index (κ2) is 31.2. The van der Waals surface area contributed by atoms with E-state index in [-0.39, 0.29) is 108 Å². The van der Waals surface area contributed by atoms with E-state index in [1.807, 2.05) is 55.7 Å². The maximum atomic E-state index is 15.3. The van der Waals surface area contributed by atoms with E-state index < -0.39 is 82.7 Å². The number of alkyl halides is 3. The topological polar surface area (TPSA) is 244 Å². The highest BCUT2D eigenvalue weighted by Crippen LogP contribution is 2.42. The van der Waals surface area contributed by atoms with Gasteiger partial charge in [0.1, 0.15) is 30.4 Å². The Kier molecular flexibility index (Phi) is 25.7. The molecule has 1 saturated heterocycles. The van der Waals surface area contributed by atoms with Crippen molar-refractivity contribution in [3.63, 3.8) is 0 Å². The molecule has 77 heavy (non-hydrogen) atoms. The Morgan fingerprint density at radius 3 is 1.99 bits per heavy atom. The van der Waals surface area contributed by atoms with Gasteiger partial charge in [-0.05, 0) is 35.2 Å². The largest absolute Gasteiger partial charge is 0.480 e. The van der Waals surface area contributed by atoms with Crippen LogP contribution in [0.2, 0.25) is 0 Å². The normalized spacial score (nSPS) is 16.2. The predicted molar refractivity (Wildman–Crippen MR) is 272 cm³/mol. The molecule has 25 heteroatoms. The number of hydrogen-bond acceptors (Lipinski definition) is 13. The molecule has 2 aromatic carbocycles. The maximum absolute atomic E-state index is 15.3. The van der Waals surface area contributed by atoms with E-state index in [2.05, 4.69) is 16.0 Å². The third-order valence-corrected chi connectivity index (χ3v) is 12.7. The Morgan fingerprint density at radius 2 is 1.43 bits per heavy atom. The van der Waals surface area contributed by atoms with Crippen molar-refractivity contribution in [2.24, 2.45) is 11.3 Å². The smallest absolute Gasteiger partial charge is 0.374 e. The molecule has 5 rings (SSSR count). The van der Waals surface area contributed by atoms with Crippen LogP contribution < -0.4 is 16.0 Å². The Morgan fingerprint density at radius 1 is 0.831 bits per heavy atom. The number of halogens is 5. The van der Waals surface area contributed by atoms with Crippen LogP contribution >= 0.6 is 11.8 Å². The van der Waals surface area contributed by atoms with Crippen LogP contribution in [0.15, 0.2) is 72.9 Å². The van der Waals surface area contributed by atoms with Crippen molar-refractivity contribution >= 4 is 53.2 Å². The van der Waals surface area contributed by atoms with Gasteiger partial charge in [0.25, 0.3) is 11.8 Å². The van der Waals surface area contributed by atoms with Gasteiger partial charge in [-0.1, -0.05) is 51.1 Å². The number of nitrogens with one attached hydrogen (secondary N) is 3. The number of nitrogens with zero attached hydrogens (tertiary/aromatic N) is 3. The van der Waals surface area contributed by atoms with Gasteiger partial charge in [-0.25, -0.2) is 22.8 Å². The van der Waals surface area contributed by atoms with Gasteiger partial charge in [-0.15, -0.1) is 11.8 Å². The Hall–Kier alpha value is -6.25. The Balaban J connectivity index is 0.00000171. The summed E-state index contributed by atoms with van der Waals surface area (Å²) in [5.41, 5.74) is 1.32. The number of hydrogen-bond donors (Lipinski definition) is 5. The van der Waals surface area contributed by atoms with E-state index in [1.54, 1.807) is 17.2 Å². The van der Waals surface area contributed by atoms with Gasteiger partial charge in [0.15, 0.2) is 0 Å². The van der Waals surface area contributed by atoms with E-state index in [1.165, 1.54) is 0 Å². The molecule has 0 aliphatic carbocycles. The number of rotatable bonds is 31. The molecule has 0 saturated carbocycles. The number of imide groups is 1. The van der Waals surface area contributed by atoms with E-state index in [0.29, 0.717) is 31.3 Å². The van der Waals surface area contributed by atoms with Gasteiger partial charge in [0, 0.05) is 92.9 Å². The number of carbonyl (C=O) groups is 7. The van der Waals surface area contributed by atoms with Gasteiger partial charge in [-0.2, -0.15) is 8.78 Å². The lowest BCUT2D eigenvalue weighted by Crippen LogP contribution is -2.47. The molecule has 2 aliphatic heterocycles. The second-order valence-electron chi connectivity index (χ2n) is 19.0. The summed E-state index contributed by atoms with van der Waals surface area (Å²) < 4.78 is 91.2. The van der Waals surface area contributed by atoms with E-state index in [4.69, 9.17) is 24.1 Å². The maximum Gasteiger partial charge on any atom is 0.374 e. The molecule has 5 amide bonds. The number of thioether (sulfide) groups is 1. The third kappa shape index (κ3) is 21.6. The van der Waals surface area contributed by atoms with Crippen molar-refractivity contribution in [2.75, 3.05) is 97.1 Å². The molecule has 424 valence electrons. The van der Waals surface area contributed by atoms with Crippen molar-refractivity contribution in [3.8, 4) is 11.1 Å². The second-order valence-corrected chi connectivity index (χ2v) is 20.0. The number of carbonyl (C=O) groups excluding carboxylic acids is 5. The highest BCUT2D eigenvalue weighted by atomic mass is 32.2. The standard InChI is InChI=1S/C49H63F3N6O11S.C3H4F2O2/c1-49(2,3)47(41-23-34(37-24-36(50)9-10-38(37)51)28-56(41)27-33-7-5-4-6-8-33)58(29-35-25-53-26-39(35)52)46(63)32-70-31-40(48(64)65)55-42(59)13-15-66-17-19-68-21-22-69-20-18-67-16-14-54-43(60)30-57-44(61)11-12-45(57)62;1-3(4,5)2(6)7/h4-12,23-24,28,35,39-40,47,53H,13-22,25-27,29-32H2,1-3H3,(H,54,60)(H,55,59)(H,64,65);1H3,(H,6,7)/t35?,39?,40-,47?;/m0./s1. The molecule has 19 nitrogen and oxygen atoms in total. The lowest BCUT2D eigenvalue weighted by atomic mass is 9.82. The number of amides is 5. The molecule has 1 fully saturated rings. The number of carboxylic acids is 2. The lowest BCUT2D eigenvalue weighted by molar-refractivity contribution is -0.162. The zero-order chi connectivity index (χ0) is 56.7. The van der Waals surface area contributed by atoms with Gasteiger partial charge in [-0.3, -0.25) is 28.9 Å². The first-order valence-electron chi connectivity index (χ1n) is 24.6. The monoisotopic (exact) mass is 1110 g/mol. The first-order valence-corrected chi connectivity index (χ1v) is 25.8.